The number of anilines is 1. The quantitative estimate of drug-likeness (QED) is 0.668. The predicted octanol–water partition coefficient (Wildman–Crippen LogP) is 4.15. The summed E-state index contributed by atoms with van der Waals surface area (Å²) in [5, 5.41) is 12.4. The smallest absolute Gasteiger partial charge is 0.303 e. The van der Waals surface area contributed by atoms with Crippen molar-refractivity contribution in [2.75, 3.05) is 19.5 Å². The van der Waals surface area contributed by atoms with Gasteiger partial charge in [0.15, 0.2) is 11.5 Å². The number of carbonyl (C=O) groups is 1. The molecule has 0 aromatic heterocycles. The van der Waals surface area contributed by atoms with E-state index in [9.17, 15) is 4.79 Å². The Morgan fingerprint density at radius 3 is 2.50 bits per heavy atom. The van der Waals surface area contributed by atoms with Crippen molar-refractivity contribution in [2.24, 2.45) is 0 Å². The topological polar surface area (TPSA) is 67.8 Å². The van der Waals surface area contributed by atoms with Crippen LogP contribution >= 0.6 is 0 Å². The van der Waals surface area contributed by atoms with E-state index in [4.69, 9.17) is 14.6 Å². The summed E-state index contributed by atoms with van der Waals surface area (Å²) in [6, 6.07) is 14.2. The number of hydrogen-bond acceptors (Lipinski definition) is 4. The fourth-order valence-electron chi connectivity index (χ4n) is 2.89. The van der Waals surface area contributed by atoms with E-state index >= 15 is 0 Å². The monoisotopic (exact) mass is 357 g/mol. The average Bonchev–Trinajstić information content (AvgIpc) is 2.66. The molecular weight excluding hydrogens is 330 g/mol. The molecule has 0 saturated heterocycles. The molecule has 1 unspecified atom stereocenters. The fourth-order valence-corrected chi connectivity index (χ4v) is 2.89. The Kier molecular flexibility index (Phi) is 7.33. The minimum absolute atomic E-state index is 0.145. The number of carboxylic acid groups (broad SMARTS) is 1. The van der Waals surface area contributed by atoms with Crippen LogP contribution in [-0.4, -0.2) is 31.3 Å². The predicted molar refractivity (Wildman–Crippen MR) is 103 cm³/mol. The van der Waals surface area contributed by atoms with Crippen LogP contribution in [0.2, 0.25) is 0 Å². The van der Waals surface area contributed by atoms with Gasteiger partial charge in [-0.25, -0.2) is 0 Å². The Labute approximate surface area is 155 Å². The summed E-state index contributed by atoms with van der Waals surface area (Å²) >= 11 is 0. The van der Waals surface area contributed by atoms with Crippen molar-refractivity contribution >= 4 is 11.7 Å². The van der Waals surface area contributed by atoms with Gasteiger partial charge < -0.3 is 19.9 Å². The highest BCUT2D eigenvalue weighted by molar-refractivity contribution is 5.67. The first-order chi connectivity index (χ1) is 12.5. The Morgan fingerprint density at radius 1 is 1.08 bits per heavy atom. The normalized spacial score (nSPS) is 11.7. The Balaban J connectivity index is 2.05. The number of hydrogen-bond donors (Lipinski definition) is 2. The SMILES string of the molecule is CCC(Cc1ccc(OC)c(OC)c1)Nc1cccc(CCC(=O)O)c1. The first-order valence-corrected chi connectivity index (χ1v) is 8.83. The summed E-state index contributed by atoms with van der Waals surface area (Å²) in [4.78, 5) is 10.7. The fraction of sp³-hybridized carbons (Fsp3) is 0.381. The number of methoxy groups -OCH3 is 2. The maximum Gasteiger partial charge on any atom is 0.303 e. The highest BCUT2D eigenvalue weighted by Crippen LogP contribution is 2.28. The molecule has 0 aliphatic heterocycles. The summed E-state index contributed by atoms with van der Waals surface area (Å²) in [7, 11) is 3.27. The molecule has 1 atom stereocenters. The summed E-state index contributed by atoms with van der Waals surface area (Å²) in [5.74, 6) is 0.683. The lowest BCUT2D eigenvalue weighted by molar-refractivity contribution is -0.136. The van der Waals surface area contributed by atoms with E-state index in [1.807, 2.05) is 36.4 Å². The van der Waals surface area contributed by atoms with Gasteiger partial charge in [-0.15, -0.1) is 0 Å². The van der Waals surface area contributed by atoms with Crippen LogP contribution in [0.1, 0.15) is 30.9 Å². The van der Waals surface area contributed by atoms with Crippen LogP contribution in [-0.2, 0) is 17.6 Å². The molecule has 0 bridgehead atoms. The van der Waals surface area contributed by atoms with Gasteiger partial charge in [-0.3, -0.25) is 4.79 Å². The molecule has 5 nitrogen and oxygen atoms in total. The van der Waals surface area contributed by atoms with Gasteiger partial charge in [-0.1, -0.05) is 25.1 Å². The van der Waals surface area contributed by atoms with Crippen LogP contribution in [0, 0.1) is 0 Å². The molecule has 140 valence electrons. The van der Waals surface area contributed by atoms with E-state index in [1.54, 1.807) is 14.2 Å². The number of nitrogens with one attached hydrogen (secondary N) is 1. The summed E-state index contributed by atoms with van der Waals surface area (Å²) in [6.45, 7) is 2.15. The van der Waals surface area contributed by atoms with Crippen molar-refractivity contribution in [1.82, 2.24) is 0 Å². The van der Waals surface area contributed by atoms with Gasteiger partial charge in [-0.2, -0.15) is 0 Å². The molecular formula is C21H27NO4. The van der Waals surface area contributed by atoms with Gasteiger partial charge in [0.05, 0.1) is 14.2 Å². The van der Waals surface area contributed by atoms with Gasteiger partial charge in [0.25, 0.3) is 0 Å². The summed E-state index contributed by atoms with van der Waals surface area (Å²) in [6.07, 6.45) is 2.51. The summed E-state index contributed by atoms with van der Waals surface area (Å²) < 4.78 is 10.7. The number of benzene rings is 2. The third-order valence-electron chi connectivity index (χ3n) is 4.35. The van der Waals surface area contributed by atoms with E-state index in [-0.39, 0.29) is 12.5 Å². The Morgan fingerprint density at radius 2 is 1.85 bits per heavy atom. The number of rotatable bonds is 10. The van der Waals surface area contributed by atoms with Gasteiger partial charge in [0.2, 0.25) is 0 Å². The zero-order valence-corrected chi connectivity index (χ0v) is 15.6. The van der Waals surface area contributed by atoms with Gasteiger partial charge >= 0.3 is 5.97 Å². The lowest BCUT2D eigenvalue weighted by Crippen LogP contribution is -2.21. The van der Waals surface area contributed by atoms with Crippen molar-refractivity contribution < 1.29 is 19.4 Å². The number of aliphatic carboxylic acids is 1. The minimum atomic E-state index is -0.775. The van der Waals surface area contributed by atoms with Crippen LogP contribution in [0.5, 0.6) is 11.5 Å². The molecule has 0 saturated carbocycles. The van der Waals surface area contributed by atoms with Crippen LogP contribution in [0.4, 0.5) is 5.69 Å². The third kappa shape index (κ3) is 5.69. The first-order valence-electron chi connectivity index (χ1n) is 8.83. The third-order valence-corrected chi connectivity index (χ3v) is 4.35. The molecule has 2 N–H and O–H groups in total. The summed E-state index contributed by atoms with van der Waals surface area (Å²) in [5.41, 5.74) is 3.21. The van der Waals surface area contributed by atoms with E-state index in [2.05, 4.69) is 18.3 Å². The molecule has 2 aromatic carbocycles. The highest BCUT2D eigenvalue weighted by atomic mass is 16.5. The second-order valence-electron chi connectivity index (χ2n) is 6.24. The van der Waals surface area contributed by atoms with E-state index < -0.39 is 5.97 Å². The lowest BCUT2D eigenvalue weighted by Gasteiger charge is -2.20. The van der Waals surface area contributed by atoms with E-state index in [1.165, 1.54) is 5.56 Å². The minimum Gasteiger partial charge on any atom is -0.493 e. The van der Waals surface area contributed by atoms with Crippen molar-refractivity contribution in [3.63, 3.8) is 0 Å². The maximum absolute atomic E-state index is 10.7. The number of carboxylic acids is 1. The molecule has 26 heavy (non-hydrogen) atoms. The van der Waals surface area contributed by atoms with Crippen molar-refractivity contribution in [3.05, 3.63) is 53.6 Å². The van der Waals surface area contributed by atoms with Gasteiger partial charge in [0, 0.05) is 18.2 Å². The standard InChI is InChI=1S/C21H27NO4/c1-4-17(13-16-8-10-19(25-2)20(14-16)26-3)22-18-7-5-6-15(12-18)9-11-21(23)24/h5-8,10,12,14,17,22H,4,9,11,13H2,1-3H3,(H,23,24). The van der Waals surface area contributed by atoms with Crippen LogP contribution in [0.3, 0.4) is 0 Å². The lowest BCUT2D eigenvalue weighted by atomic mass is 10.0. The van der Waals surface area contributed by atoms with E-state index in [0.29, 0.717) is 6.42 Å². The highest BCUT2D eigenvalue weighted by Gasteiger charge is 2.11. The van der Waals surface area contributed by atoms with Gasteiger partial charge in [0.1, 0.15) is 0 Å². The molecule has 0 fully saturated rings. The number of aryl methyl sites for hydroxylation is 1. The van der Waals surface area contributed by atoms with Crippen molar-refractivity contribution in [3.8, 4) is 11.5 Å². The van der Waals surface area contributed by atoms with Crippen LogP contribution in [0.25, 0.3) is 0 Å². The molecule has 0 aliphatic rings. The van der Waals surface area contributed by atoms with Crippen LogP contribution in [0.15, 0.2) is 42.5 Å². The van der Waals surface area contributed by atoms with Crippen LogP contribution < -0.4 is 14.8 Å². The molecule has 0 radical (unpaired) electrons. The molecule has 2 rings (SSSR count). The Bertz CT molecular complexity index is 730. The second kappa shape index (κ2) is 9.70. The second-order valence-corrected chi connectivity index (χ2v) is 6.24. The maximum atomic E-state index is 10.7. The molecule has 2 aromatic rings. The van der Waals surface area contributed by atoms with E-state index in [0.717, 1.165) is 35.6 Å². The molecule has 5 heteroatoms. The number of ether oxygens (including phenoxy) is 2. The molecule has 0 heterocycles. The first kappa shape index (κ1) is 19.6. The zero-order valence-electron chi connectivity index (χ0n) is 15.6. The Hall–Kier alpha value is -2.69. The average molecular weight is 357 g/mol. The molecule has 0 aliphatic carbocycles. The molecule has 0 amide bonds. The molecule has 0 spiro atoms. The van der Waals surface area contributed by atoms with Crippen molar-refractivity contribution in [2.45, 2.75) is 38.6 Å². The van der Waals surface area contributed by atoms with Gasteiger partial charge in [-0.05, 0) is 54.7 Å². The largest absolute Gasteiger partial charge is 0.493 e. The van der Waals surface area contributed by atoms with Crippen molar-refractivity contribution in [1.29, 1.82) is 0 Å². The zero-order chi connectivity index (χ0) is 18.9.